The van der Waals surface area contributed by atoms with Gasteiger partial charge in [-0.3, -0.25) is 29.8 Å². The minimum absolute atomic E-state index is 0.0843. The second kappa shape index (κ2) is 11.6. The highest BCUT2D eigenvalue weighted by Gasteiger charge is 2.13. The van der Waals surface area contributed by atoms with Crippen LogP contribution in [0, 0.1) is 34.1 Å². The Morgan fingerprint density at radius 3 is 1.28 bits per heavy atom. The number of nitrogens with one attached hydrogen (secondary N) is 2. The zero-order chi connectivity index (χ0) is 28.1. The molecule has 2 amide bonds. The predicted octanol–water partition coefficient (Wildman–Crippen LogP) is 6.78. The number of hydrogen-bond acceptors (Lipinski definition) is 7. The van der Waals surface area contributed by atoms with Crippen molar-refractivity contribution in [2.75, 3.05) is 10.6 Å². The number of aryl methyl sites for hydroxylation is 2. The van der Waals surface area contributed by atoms with Crippen LogP contribution in [0.5, 0.6) is 0 Å². The zero-order valence-electron chi connectivity index (χ0n) is 20.8. The highest BCUT2D eigenvalue weighted by atomic mass is 32.2. The third kappa shape index (κ3) is 6.65. The van der Waals surface area contributed by atoms with Gasteiger partial charge in [0.1, 0.15) is 0 Å². The van der Waals surface area contributed by atoms with E-state index in [1.807, 2.05) is 38.1 Å². The van der Waals surface area contributed by atoms with Crippen molar-refractivity contribution in [2.24, 2.45) is 0 Å². The standard InChI is InChI=1S/C28H22N4O6S/c1-17-15-21(29-27(33)19-3-9-23(10-4-19)31(35)36)7-13-25(17)39-26-14-8-22(16-18(26)2)30-28(34)20-5-11-24(12-6-20)32(37)38/h3-16H,1-2H3,(H,29,33)(H,30,34). The van der Waals surface area contributed by atoms with Gasteiger partial charge < -0.3 is 10.6 Å². The van der Waals surface area contributed by atoms with Crippen LogP contribution in [0.2, 0.25) is 0 Å². The largest absolute Gasteiger partial charge is 0.322 e. The first-order valence-electron chi connectivity index (χ1n) is 11.6. The van der Waals surface area contributed by atoms with E-state index in [4.69, 9.17) is 0 Å². The first-order chi connectivity index (χ1) is 18.6. The lowest BCUT2D eigenvalue weighted by Crippen LogP contribution is -2.12. The van der Waals surface area contributed by atoms with Crippen molar-refractivity contribution >= 4 is 46.3 Å². The second-order valence-electron chi connectivity index (χ2n) is 8.58. The Morgan fingerprint density at radius 1 is 0.615 bits per heavy atom. The molecule has 0 aliphatic rings. The molecule has 0 aliphatic carbocycles. The molecule has 0 unspecified atom stereocenters. The van der Waals surface area contributed by atoms with Crippen LogP contribution in [0.25, 0.3) is 0 Å². The van der Waals surface area contributed by atoms with E-state index >= 15 is 0 Å². The van der Waals surface area contributed by atoms with E-state index in [0.717, 1.165) is 20.9 Å². The van der Waals surface area contributed by atoms with Gasteiger partial charge in [0.25, 0.3) is 23.2 Å². The average Bonchev–Trinajstić information content (AvgIpc) is 2.91. The Morgan fingerprint density at radius 2 is 0.974 bits per heavy atom. The molecule has 11 heteroatoms. The number of benzene rings is 4. The smallest absolute Gasteiger partial charge is 0.269 e. The fourth-order valence-electron chi connectivity index (χ4n) is 3.68. The number of rotatable bonds is 8. The minimum Gasteiger partial charge on any atom is -0.322 e. The maximum atomic E-state index is 12.5. The normalized spacial score (nSPS) is 10.5. The van der Waals surface area contributed by atoms with Crippen LogP contribution in [0.3, 0.4) is 0 Å². The summed E-state index contributed by atoms with van der Waals surface area (Å²) in [5, 5.41) is 27.2. The van der Waals surface area contributed by atoms with Crippen LogP contribution in [-0.4, -0.2) is 21.7 Å². The van der Waals surface area contributed by atoms with Gasteiger partial charge in [0.05, 0.1) is 9.85 Å². The molecule has 0 fully saturated rings. The van der Waals surface area contributed by atoms with Gasteiger partial charge in [-0.05, 0) is 85.6 Å². The Hall–Kier alpha value is -5.03. The maximum absolute atomic E-state index is 12.5. The first kappa shape index (κ1) is 27.0. The molecular formula is C28H22N4O6S. The summed E-state index contributed by atoms with van der Waals surface area (Å²) in [4.78, 5) is 47.6. The van der Waals surface area contributed by atoms with Crippen LogP contribution in [0.1, 0.15) is 31.8 Å². The van der Waals surface area contributed by atoms with Gasteiger partial charge >= 0.3 is 0 Å². The topological polar surface area (TPSA) is 144 Å². The van der Waals surface area contributed by atoms with Crippen molar-refractivity contribution in [1.29, 1.82) is 0 Å². The summed E-state index contributed by atoms with van der Waals surface area (Å²) in [7, 11) is 0. The third-order valence-corrected chi connectivity index (χ3v) is 7.12. The SMILES string of the molecule is Cc1cc(NC(=O)c2ccc([N+](=O)[O-])cc2)ccc1Sc1ccc(NC(=O)c2ccc([N+](=O)[O-])cc2)cc1C. The summed E-state index contributed by atoms with van der Waals surface area (Å²) in [6.07, 6.45) is 0. The van der Waals surface area contributed by atoms with Crippen LogP contribution in [0.4, 0.5) is 22.7 Å². The summed E-state index contributed by atoms with van der Waals surface area (Å²) in [5.74, 6) is -0.737. The van der Waals surface area contributed by atoms with E-state index in [0.29, 0.717) is 22.5 Å². The molecule has 0 bridgehead atoms. The summed E-state index contributed by atoms with van der Waals surface area (Å²) >= 11 is 1.54. The molecule has 4 rings (SSSR count). The Bertz CT molecular complexity index is 1470. The van der Waals surface area contributed by atoms with Crippen molar-refractivity contribution in [1.82, 2.24) is 0 Å². The van der Waals surface area contributed by atoms with Crippen molar-refractivity contribution in [3.8, 4) is 0 Å². The molecule has 196 valence electrons. The summed E-state index contributed by atoms with van der Waals surface area (Å²) in [6.45, 7) is 3.86. The Balaban J connectivity index is 1.40. The number of nitro groups is 2. The number of nitro benzene ring substituents is 2. The van der Waals surface area contributed by atoms with Gasteiger partial charge in [0.15, 0.2) is 0 Å². The van der Waals surface area contributed by atoms with Crippen LogP contribution < -0.4 is 10.6 Å². The second-order valence-corrected chi connectivity index (χ2v) is 9.66. The van der Waals surface area contributed by atoms with Crippen molar-refractivity contribution < 1.29 is 19.4 Å². The quantitative estimate of drug-likeness (QED) is 0.184. The molecule has 10 nitrogen and oxygen atoms in total. The highest BCUT2D eigenvalue weighted by molar-refractivity contribution is 7.99. The van der Waals surface area contributed by atoms with E-state index in [-0.39, 0.29) is 23.2 Å². The van der Waals surface area contributed by atoms with Crippen molar-refractivity contribution in [2.45, 2.75) is 23.6 Å². The molecule has 0 spiro atoms. The maximum Gasteiger partial charge on any atom is 0.269 e. The molecule has 39 heavy (non-hydrogen) atoms. The third-order valence-electron chi connectivity index (χ3n) is 5.77. The molecule has 0 aliphatic heterocycles. The molecular weight excluding hydrogens is 520 g/mol. The number of nitrogens with zero attached hydrogens (tertiary/aromatic N) is 2. The van der Waals surface area contributed by atoms with Crippen LogP contribution >= 0.6 is 11.8 Å². The molecule has 4 aromatic rings. The van der Waals surface area contributed by atoms with E-state index in [1.54, 1.807) is 23.9 Å². The summed E-state index contributed by atoms with van der Waals surface area (Å²) < 4.78 is 0. The number of carbonyl (C=O) groups is 2. The van der Waals surface area contributed by atoms with Gasteiger partial charge in [0.2, 0.25) is 0 Å². The van der Waals surface area contributed by atoms with Crippen LogP contribution in [0.15, 0.2) is 94.7 Å². The number of non-ortho nitro benzene ring substituents is 2. The molecule has 0 atom stereocenters. The van der Waals surface area contributed by atoms with Gasteiger partial charge in [0, 0.05) is 56.6 Å². The van der Waals surface area contributed by atoms with E-state index in [9.17, 15) is 29.8 Å². The molecule has 0 heterocycles. The average molecular weight is 543 g/mol. The number of amides is 2. The lowest BCUT2D eigenvalue weighted by Gasteiger charge is -2.13. The van der Waals surface area contributed by atoms with Gasteiger partial charge in [-0.25, -0.2) is 0 Å². The highest BCUT2D eigenvalue weighted by Crippen LogP contribution is 2.35. The predicted molar refractivity (Wildman–Crippen MR) is 149 cm³/mol. The van der Waals surface area contributed by atoms with E-state index in [1.165, 1.54) is 48.5 Å². The minimum atomic E-state index is -0.519. The molecule has 0 saturated heterocycles. The first-order valence-corrected chi connectivity index (χ1v) is 12.4. The molecule has 0 saturated carbocycles. The van der Waals surface area contributed by atoms with E-state index < -0.39 is 9.85 Å². The molecule has 0 aromatic heterocycles. The van der Waals surface area contributed by atoms with Crippen LogP contribution in [-0.2, 0) is 0 Å². The Labute approximate surface area is 227 Å². The number of carbonyl (C=O) groups excluding carboxylic acids is 2. The summed E-state index contributed by atoms with van der Waals surface area (Å²) in [5.41, 5.74) is 3.54. The lowest BCUT2D eigenvalue weighted by molar-refractivity contribution is -0.385. The number of hydrogen-bond donors (Lipinski definition) is 2. The lowest BCUT2D eigenvalue weighted by atomic mass is 10.1. The summed E-state index contributed by atoms with van der Waals surface area (Å²) in [6, 6.07) is 21.8. The zero-order valence-corrected chi connectivity index (χ0v) is 21.7. The van der Waals surface area contributed by atoms with Gasteiger partial charge in [-0.1, -0.05) is 11.8 Å². The molecule has 0 radical (unpaired) electrons. The van der Waals surface area contributed by atoms with E-state index in [2.05, 4.69) is 10.6 Å². The fraction of sp³-hybridized carbons (Fsp3) is 0.0714. The van der Waals surface area contributed by atoms with Gasteiger partial charge in [-0.2, -0.15) is 0 Å². The Kier molecular flexibility index (Phi) is 8.01. The van der Waals surface area contributed by atoms with Crippen molar-refractivity contribution in [3.05, 3.63) is 127 Å². The molecule has 4 aromatic carbocycles. The monoisotopic (exact) mass is 542 g/mol. The molecule has 2 N–H and O–H groups in total. The fourth-order valence-corrected chi connectivity index (χ4v) is 4.63. The van der Waals surface area contributed by atoms with Gasteiger partial charge in [-0.15, -0.1) is 0 Å². The van der Waals surface area contributed by atoms with Crippen molar-refractivity contribution in [3.63, 3.8) is 0 Å². The number of anilines is 2.